The zero-order valence-electron chi connectivity index (χ0n) is 13.4. The fourth-order valence-electron chi connectivity index (χ4n) is 2.10. The van der Waals surface area contributed by atoms with Crippen molar-refractivity contribution in [1.29, 1.82) is 0 Å². The summed E-state index contributed by atoms with van der Waals surface area (Å²) in [6.07, 6.45) is 0. The molecule has 25 heavy (non-hydrogen) atoms. The van der Waals surface area contributed by atoms with Crippen molar-refractivity contribution in [2.24, 2.45) is 0 Å². The van der Waals surface area contributed by atoms with Crippen LogP contribution in [0.1, 0.15) is 11.3 Å². The van der Waals surface area contributed by atoms with Crippen LogP contribution in [0.4, 0.5) is 5.69 Å². The molecule has 0 radical (unpaired) electrons. The van der Waals surface area contributed by atoms with Gasteiger partial charge in [0.15, 0.2) is 0 Å². The first-order chi connectivity index (χ1) is 11.6. The lowest BCUT2D eigenvalue weighted by molar-refractivity contribution is -0.386. The van der Waals surface area contributed by atoms with Gasteiger partial charge in [-0.15, -0.1) is 0 Å². The van der Waals surface area contributed by atoms with Crippen molar-refractivity contribution in [2.45, 2.75) is 25.3 Å². The number of nitro groups is 1. The summed E-state index contributed by atoms with van der Waals surface area (Å²) in [7, 11) is -4.10. The summed E-state index contributed by atoms with van der Waals surface area (Å²) < 4.78 is 27.0. The van der Waals surface area contributed by atoms with E-state index in [0.29, 0.717) is 5.69 Å². The Morgan fingerprint density at radius 2 is 1.76 bits per heavy atom. The summed E-state index contributed by atoms with van der Waals surface area (Å²) in [5, 5.41) is 10.8. The van der Waals surface area contributed by atoms with Gasteiger partial charge in [-0.05, 0) is 32.0 Å². The second-order valence-electron chi connectivity index (χ2n) is 5.35. The number of nitrogens with one attached hydrogen (secondary N) is 1. The molecule has 0 saturated carbocycles. The quantitative estimate of drug-likeness (QED) is 0.618. The van der Waals surface area contributed by atoms with Crippen molar-refractivity contribution in [3.8, 4) is 0 Å². The molecule has 2 aromatic rings. The molecule has 132 valence electrons. The van der Waals surface area contributed by atoms with Crippen molar-refractivity contribution in [1.82, 2.24) is 9.29 Å². The monoisotopic (exact) mass is 365 g/mol. The van der Waals surface area contributed by atoms with E-state index in [2.05, 4.69) is 0 Å². The predicted molar refractivity (Wildman–Crippen MR) is 88.6 cm³/mol. The Kier molecular flexibility index (Phi) is 5.02. The highest BCUT2D eigenvalue weighted by atomic mass is 32.2. The van der Waals surface area contributed by atoms with Gasteiger partial charge in [-0.1, -0.05) is 17.7 Å². The van der Waals surface area contributed by atoms with Gasteiger partial charge in [0, 0.05) is 11.8 Å². The molecule has 9 nitrogen and oxygen atoms in total. The van der Waals surface area contributed by atoms with E-state index < -0.39 is 38.6 Å². The third-order valence-corrected chi connectivity index (χ3v) is 4.84. The average Bonchev–Trinajstić information content (AvgIpc) is 2.51. The van der Waals surface area contributed by atoms with E-state index >= 15 is 0 Å². The average molecular weight is 365 g/mol. The molecule has 0 aliphatic heterocycles. The molecule has 2 rings (SSSR count). The maximum atomic E-state index is 12.2. The molecular weight excluding hydrogens is 350 g/mol. The van der Waals surface area contributed by atoms with Gasteiger partial charge < -0.3 is 0 Å². The number of nitrogens with zero attached hydrogens (tertiary/aromatic N) is 2. The molecule has 1 heterocycles. The molecule has 1 aromatic carbocycles. The van der Waals surface area contributed by atoms with Crippen molar-refractivity contribution >= 4 is 21.6 Å². The van der Waals surface area contributed by atoms with Crippen LogP contribution in [0.2, 0.25) is 0 Å². The number of amides is 1. The van der Waals surface area contributed by atoms with Crippen molar-refractivity contribution < 1.29 is 18.1 Å². The number of aromatic nitrogens is 1. The largest absolute Gasteiger partial charge is 0.334 e. The topological polar surface area (TPSA) is 128 Å². The van der Waals surface area contributed by atoms with Crippen molar-refractivity contribution in [3.63, 3.8) is 0 Å². The molecule has 1 amide bonds. The number of carbonyl (C=O) groups excluding carboxylic acids is 1. The minimum atomic E-state index is -4.10. The van der Waals surface area contributed by atoms with Crippen LogP contribution in [-0.2, 0) is 21.4 Å². The maximum absolute atomic E-state index is 12.2. The fraction of sp³-hybridized carbons (Fsp3) is 0.200. The van der Waals surface area contributed by atoms with E-state index in [9.17, 15) is 28.1 Å². The third kappa shape index (κ3) is 4.10. The lowest BCUT2D eigenvalue weighted by Crippen LogP contribution is -2.37. The SMILES string of the molecule is Cc1ccc(S(=O)(=O)NC(=O)Cn2c(C)ccc([N+](=O)[O-])c2=O)cc1. The first kappa shape index (κ1) is 18.3. The maximum Gasteiger partial charge on any atom is 0.334 e. The van der Waals surface area contributed by atoms with Crippen LogP contribution in [0.3, 0.4) is 0 Å². The highest BCUT2D eigenvalue weighted by molar-refractivity contribution is 7.90. The number of hydrogen-bond acceptors (Lipinski definition) is 6. The van der Waals surface area contributed by atoms with Crippen LogP contribution in [0, 0.1) is 24.0 Å². The summed E-state index contributed by atoms with van der Waals surface area (Å²) >= 11 is 0. The van der Waals surface area contributed by atoms with Crippen molar-refractivity contribution in [3.05, 3.63) is 68.1 Å². The Hall–Kier alpha value is -3.01. The van der Waals surface area contributed by atoms with E-state index in [1.807, 2.05) is 4.72 Å². The first-order valence-electron chi connectivity index (χ1n) is 7.09. The predicted octanol–water partition coefficient (Wildman–Crippen LogP) is 0.878. The van der Waals surface area contributed by atoms with Crippen LogP contribution >= 0.6 is 0 Å². The Morgan fingerprint density at radius 1 is 1.16 bits per heavy atom. The second-order valence-corrected chi connectivity index (χ2v) is 7.03. The molecule has 0 saturated heterocycles. The van der Waals surface area contributed by atoms with Crippen LogP contribution < -0.4 is 10.3 Å². The van der Waals surface area contributed by atoms with Gasteiger partial charge >= 0.3 is 11.2 Å². The Morgan fingerprint density at radius 3 is 2.32 bits per heavy atom. The van der Waals surface area contributed by atoms with Crippen molar-refractivity contribution in [2.75, 3.05) is 0 Å². The number of hydrogen-bond donors (Lipinski definition) is 1. The Labute approximate surface area is 143 Å². The standard InChI is InChI=1S/C15H15N3O6S/c1-10-3-6-12(7-4-10)25(23,24)16-14(19)9-17-11(2)5-8-13(15(17)20)18(21)22/h3-8H,9H2,1-2H3,(H,16,19). The minimum Gasteiger partial charge on any atom is -0.298 e. The van der Waals surface area contributed by atoms with E-state index in [1.54, 1.807) is 19.1 Å². The molecule has 1 aromatic heterocycles. The molecule has 0 bridgehead atoms. The summed E-state index contributed by atoms with van der Waals surface area (Å²) in [5.74, 6) is -0.980. The molecule has 0 spiro atoms. The molecule has 0 aliphatic rings. The minimum absolute atomic E-state index is 0.102. The molecular formula is C15H15N3O6S. The summed E-state index contributed by atoms with van der Waals surface area (Å²) in [6, 6.07) is 8.18. The van der Waals surface area contributed by atoms with E-state index in [-0.39, 0.29) is 4.90 Å². The molecule has 1 N–H and O–H groups in total. The molecule has 0 fully saturated rings. The lowest BCUT2D eigenvalue weighted by atomic mass is 10.2. The molecule has 0 unspecified atom stereocenters. The van der Waals surface area contributed by atoms with E-state index in [0.717, 1.165) is 16.2 Å². The summed E-state index contributed by atoms with van der Waals surface area (Å²) in [4.78, 5) is 33.9. The smallest absolute Gasteiger partial charge is 0.298 e. The number of sulfonamides is 1. The molecule has 0 aliphatic carbocycles. The highest BCUT2D eigenvalue weighted by Crippen LogP contribution is 2.10. The number of benzene rings is 1. The van der Waals surface area contributed by atoms with Crippen LogP contribution in [0.25, 0.3) is 0 Å². The zero-order chi connectivity index (χ0) is 18.8. The van der Waals surface area contributed by atoms with Gasteiger partial charge in [0.1, 0.15) is 6.54 Å². The second kappa shape index (κ2) is 6.85. The number of rotatable bonds is 5. The van der Waals surface area contributed by atoms with Crippen LogP contribution in [-0.4, -0.2) is 23.8 Å². The number of pyridine rings is 1. The third-order valence-electron chi connectivity index (χ3n) is 3.45. The van der Waals surface area contributed by atoms with Gasteiger partial charge in [-0.3, -0.25) is 24.3 Å². The summed E-state index contributed by atoms with van der Waals surface area (Å²) in [5.41, 5.74) is -0.532. The van der Waals surface area contributed by atoms with E-state index in [1.165, 1.54) is 25.1 Å². The van der Waals surface area contributed by atoms with Gasteiger partial charge in [-0.25, -0.2) is 13.1 Å². The number of carbonyl (C=O) groups is 1. The normalized spacial score (nSPS) is 11.1. The Bertz CT molecular complexity index is 993. The summed E-state index contributed by atoms with van der Waals surface area (Å²) in [6.45, 7) is 2.61. The number of aryl methyl sites for hydroxylation is 2. The van der Waals surface area contributed by atoms with Gasteiger partial charge in [0.25, 0.3) is 15.9 Å². The molecule has 10 heteroatoms. The fourth-order valence-corrected chi connectivity index (χ4v) is 3.07. The molecule has 0 atom stereocenters. The van der Waals surface area contributed by atoms with Gasteiger partial charge in [0.2, 0.25) is 0 Å². The van der Waals surface area contributed by atoms with Gasteiger partial charge in [0.05, 0.1) is 9.82 Å². The van der Waals surface area contributed by atoms with Gasteiger partial charge in [-0.2, -0.15) is 0 Å². The lowest BCUT2D eigenvalue weighted by Gasteiger charge is -2.10. The highest BCUT2D eigenvalue weighted by Gasteiger charge is 2.21. The first-order valence-corrected chi connectivity index (χ1v) is 8.57. The Balaban J connectivity index is 2.26. The van der Waals surface area contributed by atoms with E-state index in [4.69, 9.17) is 0 Å². The van der Waals surface area contributed by atoms with Crippen LogP contribution in [0.15, 0.2) is 46.1 Å². The zero-order valence-corrected chi connectivity index (χ0v) is 14.2. The van der Waals surface area contributed by atoms with Crippen LogP contribution in [0.5, 0.6) is 0 Å².